The Hall–Kier alpha value is -3.71. The van der Waals surface area contributed by atoms with Gasteiger partial charge in [-0.2, -0.15) is 0 Å². The van der Waals surface area contributed by atoms with Gasteiger partial charge in [-0.05, 0) is 69.3 Å². The maximum atomic E-state index is 4.44. The van der Waals surface area contributed by atoms with Crippen LogP contribution in [0.15, 0.2) is 109 Å². The molecule has 1 heteroatoms. The third-order valence-electron chi connectivity index (χ3n) is 5.71. The lowest BCUT2D eigenvalue weighted by Gasteiger charge is -2.08. The molecule has 0 saturated heterocycles. The highest BCUT2D eigenvalue weighted by Gasteiger charge is 2.04. The Kier molecular flexibility index (Phi) is 4.86. The minimum absolute atomic E-state index is 1.00. The van der Waals surface area contributed by atoms with Gasteiger partial charge >= 0.3 is 0 Å². The van der Waals surface area contributed by atoms with E-state index in [1.165, 1.54) is 38.6 Å². The van der Waals surface area contributed by atoms with Gasteiger partial charge in [-0.15, -0.1) is 0 Å². The summed E-state index contributed by atoms with van der Waals surface area (Å²) >= 11 is 0. The Morgan fingerprint density at radius 2 is 1.10 bits per heavy atom. The van der Waals surface area contributed by atoms with E-state index in [1.54, 1.807) is 0 Å². The van der Waals surface area contributed by atoms with Crippen molar-refractivity contribution in [3.8, 4) is 33.5 Å². The molecule has 0 spiro atoms. The van der Waals surface area contributed by atoms with E-state index in [9.17, 15) is 0 Å². The maximum absolute atomic E-state index is 4.44. The molecule has 4 aromatic carbocycles. The van der Waals surface area contributed by atoms with Crippen LogP contribution in [0.3, 0.4) is 0 Å². The highest BCUT2D eigenvalue weighted by molar-refractivity contribution is 5.91. The largest absolute Gasteiger partial charge is 0.256 e. The minimum Gasteiger partial charge on any atom is -0.256 e. The summed E-state index contributed by atoms with van der Waals surface area (Å²) in [6, 6.07) is 37.0. The van der Waals surface area contributed by atoms with Crippen LogP contribution in [0, 0.1) is 0 Å². The number of nitrogens with zero attached hydrogens (tertiary/aromatic N) is 1. The quantitative estimate of drug-likeness (QED) is 0.307. The van der Waals surface area contributed by atoms with Crippen LogP contribution in [0.2, 0.25) is 0 Å². The highest BCUT2D eigenvalue weighted by Crippen LogP contribution is 2.30. The third kappa shape index (κ3) is 3.62. The van der Waals surface area contributed by atoms with Crippen LogP contribution < -0.4 is 0 Å². The number of rotatable bonds is 4. The van der Waals surface area contributed by atoms with Crippen molar-refractivity contribution in [3.63, 3.8) is 0 Å². The average Bonchev–Trinajstić information content (AvgIpc) is 2.84. The molecule has 0 unspecified atom stereocenters. The number of fused-ring (bicyclic) bond motifs is 1. The fraction of sp³-hybridized carbons (Fsp3) is 0.0690. The molecule has 30 heavy (non-hydrogen) atoms. The van der Waals surface area contributed by atoms with Crippen molar-refractivity contribution >= 4 is 10.8 Å². The van der Waals surface area contributed by atoms with Crippen LogP contribution >= 0.6 is 0 Å². The van der Waals surface area contributed by atoms with Crippen LogP contribution in [0.1, 0.15) is 12.5 Å². The molecule has 0 amide bonds. The molecule has 0 radical (unpaired) electrons. The standard InChI is InChI=1S/C29H23N/c1-2-21-6-8-22(9-7-21)26-16-12-24-13-17-27(20-28(24)19-26)23-10-14-25(15-11-23)29-5-3-4-18-30-29/h3-20H,2H2,1H3. The molecular formula is C29H23N. The third-order valence-corrected chi connectivity index (χ3v) is 5.71. The van der Waals surface area contributed by atoms with Crippen LogP contribution in [0.4, 0.5) is 0 Å². The molecule has 5 rings (SSSR count). The van der Waals surface area contributed by atoms with Gasteiger partial charge < -0.3 is 0 Å². The van der Waals surface area contributed by atoms with Crippen molar-refractivity contribution < 1.29 is 0 Å². The van der Waals surface area contributed by atoms with Gasteiger partial charge in [0.1, 0.15) is 0 Å². The lowest BCUT2D eigenvalue weighted by atomic mass is 9.96. The zero-order valence-corrected chi connectivity index (χ0v) is 17.0. The molecule has 1 aromatic heterocycles. The second kappa shape index (κ2) is 7.96. The first-order valence-electron chi connectivity index (χ1n) is 10.4. The Bertz CT molecular complexity index is 1280. The van der Waals surface area contributed by atoms with Gasteiger partial charge in [-0.1, -0.05) is 85.8 Å². The van der Waals surface area contributed by atoms with Crippen molar-refractivity contribution in [2.24, 2.45) is 0 Å². The molecule has 0 aliphatic heterocycles. The Labute approximate surface area is 177 Å². The van der Waals surface area contributed by atoms with Gasteiger partial charge in [-0.3, -0.25) is 4.98 Å². The fourth-order valence-electron chi connectivity index (χ4n) is 3.91. The first kappa shape index (κ1) is 18.3. The fourth-order valence-corrected chi connectivity index (χ4v) is 3.91. The predicted molar refractivity (Wildman–Crippen MR) is 127 cm³/mol. The molecule has 0 aliphatic rings. The minimum atomic E-state index is 1.00. The van der Waals surface area contributed by atoms with E-state index in [2.05, 4.69) is 96.8 Å². The summed E-state index contributed by atoms with van der Waals surface area (Å²) in [7, 11) is 0. The number of aryl methyl sites for hydroxylation is 1. The van der Waals surface area contributed by atoms with Crippen molar-refractivity contribution in [2.75, 3.05) is 0 Å². The number of pyridine rings is 1. The molecule has 1 nitrogen and oxygen atoms in total. The first-order valence-corrected chi connectivity index (χ1v) is 10.4. The second-order valence-corrected chi connectivity index (χ2v) is 7.62. The molecule has 0 fully saturated rings. The number of hydrogen-bond acceptors (Lipinski definition) is 1. The van der Waals surface area contributed by atoms with Crippen LogP contribution in [-0.4, -0.2) is 4.98 Å². The van der Waals surface area contributed by atoms with E-state index >= 15 is 0 Å². The number of benzene rings is 4. The Balaban J connectivity index is 1.49. The SMILES string of the molecule is CCc1ccc(-c2ccc3ccc(-c4ccc(-c5ccccn5)cc4)cc3c2)cc1. The topological polar surface area (TPSA) is 12.9 Å². The van der Waals surface area contributed by atoms with E-state index in [4.69, 9.17) is 0 Å². The van der Waals surface area contributed by atoms with Crippen molar-refractivity contribution in [1.29, 1.82) is 0 Å². The highest BCUT2D eigenvalue weighted by atomic mass is 14.7. The molecule has 0 bridgehead atoms. The molecule has 0 atom stereocenters. The summed E-state index contributed by atoms with van der Waals surface area (Å²) in [6.45, 7) is 2.19. The van der Waals surface area contributed by atoms with E-state index < -0.39 is 0 Å². The van der Waals surface area contributed by atoms with E-state index in [0.29, 0.717) is 0 Å². The van der Waals surface area contributed by atoms with E-state index in [1.807, 2.05) is 24.4 Å². The van der Waals surface area contributed by atoms with Gasteiger partial charge in [0.2, 0.25) is 0 Å². The molecular weight excluding hydrogens is 362 g/mol. The van der Waals surface area contributed by atoms with Crippen molar-refractivity contribution in [2.45, 2.75) is 13.3 Å². The number of aromatic nitrogens is 1. The molecule has 0 aliphatic carbocycles. The molecule has 0 saturated carbocycles. The Morgan fingerprint density at radius 1 is 0.533 bits per heavy atom. The van der Waals surface area contributed by atoms with E-state index in [-0.39, 0.29) is 0 Å². The van der Waals surface area contributed by atoms with Crippen LogP contribution in [0.5, 0.6) is 0 Å². The summed E-state index contributed by atoms with van der Waals surface area (Å²) < 4.78 is 0. The van der Waals surface area contributed by atoms with Gasteiger partial charge in [0, 0.05) is 11.8 Å². The second-order valence-electron chi connectivity index (χ2n) is 7.62. The lowest BCUT2D eigenvalue weighted by Crippen LogP contribution is -1.84. The van der Waals surface area contributed by atoms with Gasteiger partial charge in [-0.25, -0.2) is 0 Å². The van der Waals surface area contributed by atoms with Crippen molar-refractivity contribution in [1.82, 2.24) is 4.98 Å². The monoisotopic (exact) mass is 385 g/mol. The average molecular weight is 386 g/mol. The summed E-state index contributed by atoms with van der Waals surface area (Å²) in [5.74, 6) is 0. The smallest absolute Gasteiger partial charge is 0.0701 e. The van der Waals surface area contributed by atoms with Crippen LogP contribution in [0.25, 0.3) is 44.3 Å². The van der Waals surface area contributed by atoms with Gasteiger partial charge in [0.25, 0.3) is 0 Å². The summed E-state index contributed by atoms with van der Waals surface area (Å²) in [4.78, 5) is 4.44. The van der Waals surface area contributed by atoms with Gasteiger partial charge in [0.15, 0.2) is 0 Å². The summed E-state index contributed by atoms with van der Waals surface area (Å²) in [5, 5.41) is 2.52. The maximum Gasteiger partial charge on any atom is 0.0701 e. The van der Waals surface area contributed by atoms with E-state index in [0.717, 1.165) is 17.7 Å². The first-order chi connectivity index (χ1) is 14.8. The molecule has 5 aromatic rings. The summed E-state index contributed by atoms with van der Waals surface area (Å²) in [5.41, 5.74) is 8.48. The lowest BCUT2D eigenvalue weighted by molar-refractivity contribution is 1.14. The zero-order chi connectivity index (χ0) is 20.3. The number of hydrogen-bond donors (Lipinski definition) is 0. The van der Waals surface area contributed by atoms with Crippen molar-refractivity contribution in [3.05, 3.63) is 115 Å². The normalized spacial score (nSPS) is 11.0. The summed E-state index contributed by atoms with van der Waals surface area (Å²) in [6.07, 6.45) is 2.90. The van der Waals surface area contributed by atoms with Gasteiger partial charge in [0.05, 0.1) is 5.69 Å². The molecule has 144 valence electrons. The predicted octanol–water partition coefficient (Wildman–Crippen LogP) is 7.80. The molecule has 0 N–H and O–H groups in total. The zero-order valence-electron chi connectivity index (χ0n) is 17.0. The Morgan fingerprint density at radius 3 is 1.67 bits per heavy atom. The van der Waals surface area contributed by atoms with Crippen LogP contribution in [-0.2, 0) is 6.42 Å². The molecule has 1 heterocycles.